The van der Waals surface area contributed by atoms with Gasteiger partial charge in [0.25, 0.3) is 0 Å². The molecule has 0 saturated heterocycles. The van der Waals surface area contributed by atoms with E-state index in [4.69, 9.17) is 4.98 Å². The molecule has 25 heavy (non-hydrogen) atoms. The molecular formula is C21H28N2O2. The maximum Gasteiger partial charge on any atom is 0.321 e. The van der Waals surface area contributed by atoms with Crippen molar-refractivity contribution in [3.8, 4) is 0 Å². The van der Waals surface area contributed by atoms with E-state index in [1.807, 2.05) is 0 Å². The highest BCUT2D eigenvalue weighted by Crippen LogP contribution is 2.61. The van der Waals surface area contributed by atoms with Gasteiger partial charge in [-0.15, -0.1) is 0 Å². The highest BCUT2D eigenvalue weighted by atomic mass is 16.4. The molecule has 4 heteroatoms. The molecule has 0 aliphatic heterocycles. The number of pyridine rings is 1. The quantitative estimate of drug-likeness (QED) is 0.863. The lowest BCUT2D eigenvalue weighted by molar-refractivity contribution is -0.151. The molecule has 6 rings (SSSR count). The Kier molecular flexibility index (Phi) is 3.67. The molecule has 4 nitrogen and oxygen atoms in total. The molecule has 134 valence electrons. The van der Waals surface area contributed by atoms with Gasteiger partial charge in [-0.3, -0.25) is 15.1 Å². The first kappa shape index (κ1) is 15.8. The Balaban J connectivity index is 1.34. The number of nitrogens with zero attached hydrogens (tertiary/aromatic N) is 1. The topological polar surface area (TPSA) is 62.2 Å². The summed E-state index contributed by atoms with van der Waals surface area (Å²) in [7, 11) is 0. The fourth-order valence-electron chi connectivity index (χ4n) is 6.87. The Hall–Kier alpha value is -1.42. The first-order valence-electron chi connectivity index (χ1n) is 10.1. The van der Waals surface area contributed by atoms with Gasteiger partial charge in [0, 0.05) is 12.2 Å². The van der Waals surface area contributed by atoms with Crippen LogP contribution in [0.5, 0.6) is 0 Å². The van der Waals surface area contributed by atoms with Gasteiger partial charge in [-0.25, -0.2) is 0 Å². The van der Waals surface area contributed by atoms with Gasteiger partial charge < -0.3 is 5.11 Å². The van der Waals surface area contributed by atoms with Crippen molar-refractivity contribution in [3.05, 3.63) is 29.1 Å². The molecule has 1 heterocycles. The highest BCUT2D eigenvalue weighted by Gasteiger charge is 2.56. The number of carboxylic acid groups (broad SMARTS) is 1. The second-order valence-electron chi connectivity index (χ2n) is 9.19. The lowest BCUT2D eigenvalue weighted by atomic mass is 9.47. The molecule has 1 aromatic heterocycles. The second kappa shape index (κ2) is 5.80. The zero-order chi connectivity index (χ0) is 17.0. The lowest BCUT2D eigenvalue weighted by Crippen LogP contribution is -2.58. The lowest BCUT2D eigenvalue weighted by Gasteiger charge is -2.58. The largest absolute Gasteiger partial charge is 0.480 e. The van der Waals surface area contributed by atoms with Gasteiger partial charge in [-0.2, -0.15) is 0 Å². The van der Waals surface area contributed by atoms with Crippen LogP contribution in [0, 0.1) is 23.2 Å². The van der Waals surface area contributed by atoms with Crippen LogP contribution in [0.15, 0.2) is 12.1 Å². The number of aliphatic carboxylic acids is 1. The summed E-state index contributed by atoms with van der Waals surface area (Å²) >= 11 is 0. The Bertz CT molecular complexity index is 664. The minimum absolute atomic E-state index is 0.0166. The molecule has 1 aromatic rings. The van der Waals surface area contributed by atoms with Crippen molar-refractivity contribution in [3.63, 3.8) is 0 Å². The number of carbonyl (C=O) groups is 1. The molecule has 4 fully saturated rings. The molecule has 2 N–H and O–H groups in total. The standard InChI is InChI=1S/C21H28N2O2/c24-20(25)19(21-9-13-6-14(10-21)8-15(7-13)11-21)22-12-17-5-4-16-2-1-3-18(16)23-17/h4-5,13-15,19,22H,1-3,6-12H2,(H,24,25). The number of aromatic nitrogens is 1. The Labute approximate surface area is 149 Å². The van der Waals surface area contributed by atoms with E-state index in [9.17, 15) is 9.90 Å². The number of hydrogen-bond donors (Lipinski definition) is 2. The predicted molar refractivity (Wildman–Crippen MR) is 95.1 cm³/mol. The highest BCUT2D eigenvalue weighted by molar-refractivity contribution is 5.75. The zero-order valence-electron chi connectivity index (χ0n) is 14.8. The van der Waals surface area contributed by atoms with Gasteiger partial charge in [0.1, 0.15) is 6.04 Å². The molecule has 4 bridgehead atoms. The van der Waals surface area contributed by atoms with Crippen LogP contribution in [0.4, 0.5) is 0 Å². The van der Waals surface area contributed by atoms with E-state index < -0.39 is 12.0 Å². The Morgan fingerprint density at radius 3 is 2.48 bits per heavy atom. The molecule has 0 radical (unpaired) electrons. The average molecular weight is 340 g/mol. The van der Waals surface area contributed by atoms with E-state index in [-0.39, 0.29) is 5.41 Å². The molecule has 5 aliphatic rings. The Morgan fingerprint density at radius 2 is 1.84 bits per heavy atom. The first-order valence-corrected chi connectivity index (χ1v) is 10.1. The third-order valence-electron chi connectivity index (χ3n) is 7.42. The van der Waals surface area contributed by atoms with E-state index >= 15 is 0 Å². The maximum absolute atomic E-state index is 12.1. The van der Waals surface area contributed by atoms with E-state index in [1.165, 1.54) is 36.9 Å². The van der Waals surface area contributed by atoms with Gasteiger partial charge in [-0.05, 0) is 92.6 Å². The van der Waals surface area contributed by atoms with Crippen LogP contribution in [0.25, 0.3) is 0 Å². The van der Waals surface area contributed by atoms with Crippen LogP contribution < -0.4 is 5.32 Å². The summed E-state index contributed by atoms with van der Waals surface area (Å²) < 4.78 is 0. The summed E-state index contributed by atoms with van der Waals surface area (Å²) in [4.78, 5) is 16.9. The maximum atomic E-state index is 12.1. The van der Waals surface area contributed by atoms with Crippen LogP contribution in [-0.4, -0.2) is 22.1 Å². The van der Waals surface area contributed by atoms with Crippen molar-refractivity contribution >= 4 is 5.97 Å². The van der Waals surface area contributed by atoms with E-state index in [2.05, 4.69) is 17.4 Å². The third-order valence-corrected chi connectivity index (χ3v) is 7.42. The van der Waals surface area contributed by atoms with Gasteiger partial charge in [0.2, 0.25) is 0 Å². The minimum Gasteiger partial charge on any atom is -0.480 e. The zero-order valence-corrected chi connectivity index (χ0v) is 14.8. The molecule has 4 saturated carbocycles. The van der Waals surface area contributed by atoms with Crippen molar-refractivity contribution in [2.75, 3.05) is 0 Å². The number of hydrogen-bond acceptors (Lipinski definition) is 3. The van der Waals surface area contributed by atoms with Crippen molar-refractivity contribution in [1.29, 1.82) is 0 Å². The van der Waals surface area contributed by atoms with Crippen LogP contribution in [0.1, 0.15) is 61.9 Å². The molecular weight excluding hydrogens is 312 g/mol. The summed E-state index contributed by atoms with van der Waals surface area (Å²) in [5.41, 5.74) is 3.58. The smallest absolute Gasteiger partial charge is 0.321 e. The van der Waals surface area contributed by atoms with E-state index in [0.717, 1.165) is 55.6 Å². The fourth-order valence-corrected chi connectivity index (χ4v) is 6.87. The number of aryl methyl sites for hydroxylation is 2. The van der Waals surface area contributed by atoms with Gasteiger partial charge in [-0.1, -0.05) is 6.07 Å². The van der Waals surface area contributed by atoms with Crippen molar-refractivity contribution in [2.24, 2.45) is 23.2 Å². The third kappa shape index (κ3) is 2.69. The molecule has 1 atom stereocenters. The van der Waals surface area contributed by atoms with Crippen LogP contribution in [-0.2, 0) is 24.2 Å². The van der Waals surface area contributed by atoms with Gasteiger partial charge >= 0.3 is 5.97 Å². The number of fused-ring (bicyclic) bond motifs is 1. The predicted octanol–water partition coefficient (Wildman–Crippen LogP) is 3.33. The number of rotatable bonds is 5. The normalized spacial score (nSPS) is 36.4. The average Bonchev–Trinajstić information content (AvgIpc) is 3.00. The molecule has 0 spiro atoms. The van der Waals surface area contributed by atoms with Crippen molar-refractivity contribution in [2.45, 2.75) is 70.4 Å². The van der Waals surface area contributed by atoms with Crippen molar-refractivity contribution in [1.82, 2.24) is 10.3 Å². The summed E-state index contributed by atoms with van der Waals surface area (Å²) in [6.07, 6.45) is 10.8. The van der Waals surface area contributed by atoms with Gasteiger partial charge in [0.05, 0.1) is 5.69 Å². The molecule has 0 amide bonds. The molecule has 0 aromatic carbocycles. The summed E-state index contributed by atoms with van der Waals surface area (Å²) in [5.74, 6) is 1.65. The van der Waals surface area contributed by atoms with Crippen LogP contribution in [0.3, 0.4) is 0 Å². The summed E-state index contributed by atoms with van der Waals surface area (Å²) in [5, 5.41) is 13.4. The first-order chi connectivity index (χ1) is 12.1. The minimum atomic E-state index is -0.664. The summed E-state index contributed by atoms with van der Waals surface area (Å²) in [6.45, 7) is 0.575. The van der Waals surface area contributed by atoms with Crippen LogP contribution >= 0.6 is 0 Å². The fraction of sp³-hybridized carbons (Fsp3) is 0.714. The number of nitrogens with one attached hydrogen (secondary N) is 1. The number of carboxylic acids is 1. The Morgan fingerprint density at radius 1 is 1.16 bits per heavy atom. The van der Waals surface area contributed by atoms with Crippen molar-refractivity contribution < 1.29 is 9.90 Å². The second-order valence-corrected chi connectivity index (χ2v) is 9.19. The van der Waals surface area contributed by atoms with Gasteiger partial charge in [0.15, 0.2) is 0 Å². The van der Waals surface area contributed by atoms with E-state index in [0.29, 0.717) is 6.54 Å². The monoisotopic (exact) mass is 340 g/mol. The molecule has 1 unspecified atom stereocenters. The van der Waals surface area contributed by atoms with E-state index in [1.54, 1.807) is 0 Å². The summed E-state index contributed by atoms with van der Waals surface area (Å²) in [6, 6.07) is 3.85. The SMILES string of the molecule is O=C(O)C(NCc1ccc2c(n1)CCC2)C12CC3CC(CC(C3)C1)C2. The van der Waals surface area contributed by atoms with Crippen LogP contribution in [0.2, 0.25) is 0 Å². The molecule has 5 aliphatic carbocycles.